The molecule has 0 aliphatic carbocycles. The number of benzene rings is 2. The first kappa shape index (κ1) is 22.0. The molecule has 0 aromatic heterocycles. The number of carbonyl (C=O) groups excluding carboxylic acids is 2. The third kappa shape index (κ3) is 5.90. The van der Waals surface area contributed by atoms with E-state index in [2.05, 4.69) is 11.6 Å². The third-order valence-corrected chi connectivity index (χ3v) is 6.55. The molecule has 7 nitrogen and oxygen atoms in total. The Bertz CT molecular complexity index is 984. The van der Waals surface area contributed by atoms with Crippen molar-refractivity contribution < 1.29 is 22.7 Å². The van der Waals surface area contributed by atoms with Crippen molar-refractivity contribution in [1.29, 1.82) is 0 Å². The van der Waals surface area contributed by atoms with Gasteiger partial charge in [-0.2, -0.15) is 0 Å². The van der Waals surface area contributed by atoms with E-state index in [9.17, 15) is 18.0 Å². The molecular weight excluding hydrogens is 404 g/mol. The second-order valence-corrected chi connectivity index (χ2v) is 9.24. The number of hydrogen-bond acceptors (Lipinski definition) is 5. The Morgan fingerprint density at radius 2 is 1.77 bits per heavy atom. The molecule has 1 saturated heterocycles. The number of carbonyl (C=O) groups is 2. The quantitative estimate of drug-likeness (QED) is 0.682. The first-order valence-corrected chi connectivity index (χ1v) is 11.4. The van der Waals surface area contributed by atoms with Gasteiger partial charge in [0.25, 0.3) is 5.91 Å². The first-order chi connectivity index (χ1) is 14.3. The Kier molecular flexibility index (Phi) is 7.23. The molecule has 0 unspecified atom stereocenters. The number of nitrogens with zero attached hydrogens (tertiary/aromatic N) is 1. The third-order valence-electron chi connectivity index (χ3n) is 5.15. The second kappa shape index (κ2) is 9.86. The fourth-order valence-corrected chi connectivity index (χ4v) is 4.27. The maximum Gasteiger partial charge on any atom is 0.338 e. The van der Waals surface area contributed by atoms with E-state index in [1.54, 1.807) is 4.90 Å². The lowest BCUT2D eigenvalue weighted by molar-refractivity contribution is -0.135. The monoisotopic (exact) mass is 430 g/mol. The molecule has 3 rings (SSSR count). The molecular formula is C22H26N2O5S. The zero-order valence-corrected chi connectivity index (χ0v) is 17.7. The molecule has 1 amide bonds. The number of hydrogen-bond donors (Lipinski definition) is 1. The summed E-state index contributed by atoms with van der Waals surface area (Å²) in [6.45, 7) is 3.27. The van der Waals surface area contributed by atoms with Gasteiger partial charge in [-0.25, -0.2) is 17.9 Å². The largest absolute Gasteiger partial charge is 0.452 e. The van der Waals surface area contributed by atoms with Gasteiger partial charge in [-0.05, 0) is 42.5 Å². The number of sulfonamides is 1. The van der Waals surface area contributed by atoms with E-state index in [1.165, 1.54) is 24.3 Å². The molecule has 1 aliphatic rings. The molecule has 8 heteroatoms. The highest BCUT2D eigenvalue weighted by atomic mass is 32.2. The van der Waals surface area contributed by atoms with Gasteiger partial charge in [0.15, 0.2) is 6.61 Å². The maximum atomic E-state index is 12.6. The summed E-state index contributed by atoms with van der Waals surface area (Å²) in [4.78, 5) is 26.2. The van der Waals surface area contributed by atoms with Crippen molar-refractivity contribution in [1.82, 2.24) is 9.62 Å². The highest BCUT2D eigenvalue weighted by Crippen LogP contribution is 2.17. The minimum atomic E-state index is -3.80. The Labute approximate surface area is 177 Å². The lowest BCUT2D eigenvalue weighted by atomic mass is 9.99. The van der Waals surface area contributed by atoms with Crippen LogP contribution in [0.4, 0.5) is 0 Å². The van der Waals surface area contributed by atoms with Gasteiger partial charge in [-0.1, -0.05) is 43.3 Å². The molecule has 160 valence electrons. The summed E-state index contributed by atoms with van der Waals surface area (Å²) in [6.07, 6.45) is 1.88. The van der Waals surface area contributed by atoms with E-state index >= 15 is 0 Å². The highest BCUT2D eigenvalue weighted by molar-refractivity contribution is 7.89. The molecule has 0 saturated carbocycles. The van der Waals surface area contributed by atoms with Crippen molar-refractivity contribution in [2.75, 3.05) is 19.7 Å². The smallest absolute Gasteiger partial charge is 0.338 e. The molecule has 30 heavy (non-hydrogen) atoms. The molecule has 0 atom stereocenters. The summed E-state index contributed by atoms with van der Waals surface area (Å²) in [6, 6.07) is 14.7. The minimum Gasteiger partial charge on any atom is -0.452 e. The number of rotatable bonds is 7. The molecule has 1 fully saturated rings. The van der Waals surface area contributed by atoms with Crippen LogP contribution in [-0.4, -0.2) is 44.9 Å². The Hall–Kier alpha value is -2.71. The van der Waals surface area contributed by atoms with Crippen LogP contribution in [0, 0.1) is 5.92 Å². The standard InChI is InChI=1S/C22H26N2O5S/c1-17-10-12-24(13-11-17)21(25)16-29-22(26)19-8-5-9-20(14-19)30(27,28)23-15-18-6-3-2-4-7-18/h2-9,14,17,23H,10-13,15-16H2,1H3. The van der Waals surface area contributed by atoms with Crippen molar-refractivity contribution in [3.8, 4) is 0 Å². The number of piperidine rings is 1. The SMILES string of the molecule is CC1CCN(C(=O)COC(=O)c2cccc(S(=O)(=O)NCc3ccccc3)c2)CC1. The van der Waals surface area contributed by atoms with Crippen molar-refractivity contribution in [2.45, 2.75) is 31.2 Å². The average molecular weight is 431 g/mol. The zero-order chi connectivity index (χ0) is 21.6. The van der Waals surface area contributed by atoms with E-state index in [0.717, 1.165) is 18.4 Å². The summed E-state index contributed by atoms with van der Waals surface area (Å²) in [5, 5.41) is 0. The minimum absolute atomic E-state index is 0.0378. The van der Waals surface area contributed by atoms with Gasteiger partial charge in [0, 0.05) is 19.6 Å². The zero-order valence-electron chi connectivity index (χ0n) is 16.9. The van der Waals surface area contributed by atoms with Gasteiger partial charge >= 0.3 is 5.97 Å². The predicted octanol–water partition coefficient (Wildman–Crippen LogP) is 2.58. The van der Waals surface area contributed by atoms with Gasteiger partial charge < -0.3 is 9.64 Å². The molecule has 1 aliphatic heterocycles. The molecule has 0 spiro atoms. The van der Waals surface area contributed by atoms with Crippen LogP contribution in [0.3, 0.4) is 0 Å². The van der Waals surface area contributed by atoms with Gasteiger partial charge in [-0.15, -0.1) is 0 Å². The van der Waals surface area contributed by atoms with Crippen LogP contribution in [0.2, 0.25) is 0 Å². The maximum absolute atomic E-state index is 12.6. The number of likely N-dealkylation sites (tertiary alicyclic amines) is 1. The Morgan fingerprint density at radius 1 is 1.07 bits per heavy atom. The van der Waals surface area contributed by atoms with Crippen molar-refractivity contribution in [2.24, 2.45) is 5.92 Å². The molecule has 1 heterocycles. The summed E-state index contributed by atoms with van der Waals surface area (Å²) in [5.41, 5.74) is 0.903. The summed E-state index contributed by atoms with van der Waals surface area (Å²) >= 11 is 0. The highest BCUT2D eigenvalue weighted by Gasteiger charge is 2.22. The van der Waals surface area contributed by atoms with Gasteiger partial charge in [0.1, 0.15) is 0 Å². The Morgan fingerprint density at radius 3 is 2.47 bits per heavy atom. The molecule has 1 N–H and O–H groups in total. The molecule has 2 aromatic rings. The van der Waals surface area contributed by atoms with E-state index in [0.29, 0.717) is 19.0 Å². The van der Waals surface area contributed by atoms with E-state index in [1.807, 2.05) is 30.3 Å². The summed E-state index contributed by atoms with van der Waals surface area (Å²) < 4.78 is 32.7. The number of amides is 1. The summed E-state index contributed by atoms with van der Waals surface area (Å²) in [7, 11) is -3.80. The van der Waals surface area contributed by atoms with E-state index < -0.39 is 16.0 Å². The molecule has 0 radical (unpaired) electrons. The lowest BCUT2D eigenvalue weighted by Crippen LogP contribution is -2.40. The van der Waals surface area contributed by atoms with E-state index in [-0.39, 0.29) is 29.5 Å². The lowest BCUT2D eigenvalue weighted by Gasteiger charge is -2.30. The second-order valence-electron chi connectivity index (χ2n) is 7.48. The summed E-state index contributed by atoms with van der Waals surface area (Å²) in [5.74, 6) is -0.366. The fourth-order valence-electron chi connectivity index (χ4n) is 3.21. The Balaban J connectivity index is 1.58. The van der Waals surface area contributed by atoms with Crippen LogP contribution in [0.1, 0.15) is 35.7 Å². The van der Waals surface area contributed by atoms with Crippen LogP contribution in [0.25, 0.3) is 0 Å². The fraction of sp³-hybridized carbons (Fsp3) is 0.364. The topological polar surface area (TPSA) is 92.8 Å². The first-order valence-electron chi connectivity index (χ1n) is 9.94. The number of ether oxygens (including phenoxy) is 1. The van der Waals surface area contributed by atoms with Crippen LogP contribution in [-0.2, 0) is 26.1 Å². The normalized spacial score (nSPS) is 15.0. The van der Waals surface area contributed by atoms with Crippen molar-refractivity contribution >= 4 is 21.9 Å². The van der Waals surface area contributed by atoms with Gasteiger partial charge in [-0.3, -0.25) is 4.79 Å². The van der Waals surface area contributed by atoms with Crippen LogP contribution >= 0.6 is 0 Å². The number of nitrogens with one attached hydrogen (secondary N) is 1. The van der Waals surface area contributed by atoms with Crippen molar-refractivity contribution in [3.05, 3.63) is 65.7 Å². The predicted molar refractivity (Wildman–Crippen MR) is 112 cm³/mol. The van der Waals surface area contributed by atoms with Crippen LogP contribution < -0.4 is 4.72 Å². The van der Waals surface area contributed by atoms with E-state index in [4.69, 9.17) is 4.74 Å². The number of esters is 1. The van der Waals surface area contributed by atoms with Crippen LogP contribution in [0.5, 0.6) is 0 Å². The average Bonchev–Trinajstić information content (AvgIpc) is 2.77. The van der Waals surface area contributed by atoms with Crippen molar-refractivity contribution in [3.63, 3.8) is 0 Å². The molecule has 2 aromatic carbocycles. The van der Waals surface area contributed by atoms with Gasteiger partial charge in [0.05, 0.1) is 10.5 Å². The molecule has 0 bridgehead atoms. The van der Waals surface area contributed by atoms with Crippen LogP contribution in [0.15, 0.2) is 59.5 Å². The van der Waals surface area contributed by atoms with Gasteiger partial charge in [0.2, 0.25) is 10.0 Å².